The molecule has 0 bridgehead atoms. The molecule has 0 aliphatic rings. The van der Waals surface area contributed by atoms with E-state index in [1.165, 1.54) is 0 Å². The first-order valence-corrected chi connectivity index (χ1v) is 4.55. The Morgan fingerprint density at radius 3 is 3.00 bits per heavy atom. The number of carbonyl (C=O) groups is 1. The molecule has 1 atom stereocenters. The zero-order valence-electron chi connectivity index (χ0n) is 7.69. The van der Waals surface area contributed by atoms with E-state index in [-0.39, 0.29) is 11.2 Å². The van der Waals surface area contributed by atoms with Crippen molar-refractivity contribution in [2.45, 2.75) is 18.7 Å². The summed E-state index contributed by atoms with van der Waals surface area (Å²) in [7, 11) is 1.84. The van der Waals surface area contributed by atoms with Crippen LogP contribution in [0.15, 0.2) is 12.3 Å². The van der Waals surface area contributed by atoms with Crippen molar-refractivity contribution in [3.8, 4) is 0 Å². The molecule has 4 nitrogen and oxygen atoms in total. The number of nitrogens with one attached hydrogen (secondary N) is 1. The highest BCUT2D eigenvalue weighted by atomic mass is 32.1. The normalized spacial score (nSPS) is 12.5. The van der Waals surface area contributed by atoms with E-state index in [1.807, 2.05) is 19.3 Å². The maximum absolute atomic E-state index is 11.1. The number of hydrogen-bond donors (Lipinski definition) is 2. The molecule has 1 N–H and O–H groups in total. The minimum absolute atomic E-state index is 0.0750. The van der Waals surface area contributed by atoms with Crippen molar-refractivity contribution in [3.05, 3.63) is 18.0 Å². The predicted molar refractivity (Wildman–Crippen MR) is 53.5 cm³/mol. The Balaban J connectivity index is 2.39. The minimum Gasteiger partial charge on any atom is -0.349 e. The van der Waals surface area contributed by atoms with Crippen LogP contribution < -0.4 is 5.32 Å². The molecule has 1 amide bonds. The molecule has 0 aliphatic heterocycles. The summed E-state index contributed by atoms with van der Waals surface area (Å²) in [6.45, 7) is 2.20. The fourth-order valence-corrected chi connectivity index (χ4v) is 0.974. The van der Waals surface area contributed by atoms with Crippen LogP contribution in [0.5, 0.6) is 0 Å². The van der Waals surface area contributed by atoms with Gasteiger partial charge in [-0.3, -0.25) is 9.48 Å². The summed E-state index contributed by atoms with van der Waals surface area (Å²) in [6.07, 6.45) is 1.84. The summed E-state index contributed by atoms with van der Waals surface area (Å²) < 4.78 is 1.70. The Morgan fingerprint density at radius 1 is 1.85 bits per heavy atom. The topological polar surface area (TPSA) is 46.9 Å². The second kappa shape index (κ2) is 4.32. The first-order chi connectivity index (χ1) is 6.09. The van der Waals surface area contributed by atoms with Gasteiger partial charge in [0.25, 0.3) is 0 Å². The lowest BCUT2D eigenvalue weighted by atomic mass is 10.4. The van der Waals surface area contributed by atoms with Crippen LogP contribution in [0.4, 0.5) is 0 Å². The van der Waals surface area contributed by atoms with E-state index in [4.69, 9.17) is 0 Å². The molecular weight excluding hydrogens is 186 g/mol. The van der Waals surface area contributed by atoms with Gasteiger partial charge < -0.3 is 5.32 Å². The summed E-state index contributed by atoms with van der Waals surface area (Å²) in [4.78, 5) is 11.1. The average Bonchev–Trinajstić information content (AvgIpc) is 2.47. The maximum Gasteiger partial charge on any atom is 0.232 e. The molecule has 1 unspecified atom stereocenters. The van der Waals surface area contributed by atoms with Gasteiger partial charge in [0, 0.05) is 13.2 Å². The Morgan fingerprint density at radius 2 is 2.54 bits per heavy atom. The molecule has 72 valence electrons. The number of aryl methyl sites for hydroxylation is 1. The Kier molecular flexibility index (Phi) is 3.36. The molecule has 0 spiro atoms. The highest BCUT2D eigenvalue weighted by Crippen LogP contribution is 1.95. The van der Waals surface area contributed by atoms with E-state index in [0.717, 1.165) is 5.69 Å². The summed E-state index contributed by atoms with van der Waals surface area (Å²) >= 11 is 4.01. The number of hydrogen-bond acceptors (Lipinski definition) is 3. The molecule has 13 heavy (non-hydrogen) atoms. The molecule has 0 aromatic carbocycles. The third kappa shape index (κ3) is 3.10. The van der Waals surface area contributed by atoms with Crippen LogP contribution in [-0.4, -0.2) is 20.9 Å². The van der Waals surface area contributed by atoms with Gasteiger partial charge in [0.15, 0.2) is 0 Å². The zero-order chi connectivity index (χ0) is 9.84. The number of rotatable bonds is 3. The molecule has 0 fully saturated rings. The molecule has 0 saturated carbocycles. The van der Waals surface area contributed by atoms with Crippen molar-refractivity contribution in [1.82, 2.24) is 15.1 Å². The van der Waals surface area contributed by atoms with Crippen LogP contribution in [0.2, 0.25) is 0 Å². The number of thiol groups is 1. The first kappa shape index (κ1) is 10.1. The lowest BCUT2D eigenvalue weighted by molar-refractivity contribution is -0.120. The number of nitrogens with zero attached hydrogens (tertiary/aromatic N) is 2. The second-order valence-electron chi connectivity index (χ2n) is 2.87. The summed E-state index contributed by atoms with van der Waals surface area (Å²) in [5.74, 6) is -0.0750. The molecule has 1 rings (SSSR count). The maximum atomic E-state index is 11.1. The largest absolute Gasteiger partial charge is 0.349 e. The number of carbonyl (C=O) groups excluding carboxylic acids is 1. The molecule has 0 saturated heterocycles. The number of amides is 1. The quantitative estimate of drug-likeness (QED) is 0.690. The van der Waals surface area contributed by atoms with E-state index in [2.05, 4.69) is 23.0 Å². The summed E-state index contributed by atoms with van der Waals surface area (Å²) in [6, 6.07) is 1.86. The van der Waals surface area contributed by atoms with Gasteiger partial charge in [-0.25, -0.2) is 0 Å². The van der Waals surface area contributed by atoms with Crippen LogP contribution in [-0.2, 0) is 18.4 Å². The monoisotopic (exact) mass is 199 g/mol. The smallest absolute Gasteiger partial charge is 0.232 e. The van der Waals surface area contributed by atoms with E-state index in [1.54, 1.807) is 11.6 Å². The van der Waals surface area contributed by atoms with Crippen molar-refractivity contribution in [2.24, 2.45) is 7.05 Å². The predicted octanol–water partition coefficient (Wildman–Crippen LogP) is 0.355. The van der Waals surface area contributed by atoms with Crippen molar-refractivity contribution >= 4 is 18.5 Å². The molecule has 1 aromatic rings. The third-order valence-electron chi connectivity index (χ3n) is 1.59. The zero-order valence-corrected chi connectivity index (χ0v) is 8.58. The number of aromatic nitrogens is 2. The molecule has 0 aliphatic carbocycles. The van der Waals surface area contributed by atoms with Gasteiger partial charge >= 0.3 is 0 Å². The van der Waals surface area contributed by atoms with Gasteiger partial charge in [-0.1, -0.05) is 0 Å². The van der Waals surface area contributed by atoms with E-state index in [9.17, 15) is 4.79 Å². The Hall–Kier alpha value is -0.970. The average molecular weight is 199 g/mol. The lowest BCUT2D eigenvalue weighted by Gasteiger charge is -2.04. The van der Waals surface area contributed by atoms with Crippen LogP contribution >= 0.6 is 12.6 Å². The van der Waals surface area contributed by atoms with Gasteiger partial charge in [0.1, 0.15) is 0 Å². The third-order valence-corrected chi connectivity index (χ3v) is 1.83. The summed E-state index contributed by atoms with van der Waals surface area (Å²) in [5, 5.41) is 6.57. The highest BCUT2D eigenvalue weighted by molar-refractivity contribution is 7.81. The van der Waals surface area contributed by atoms with Gasteiger partial charge in [-0.15, -0.1) is 0 Å². The molecule has 0 radical (unpaired) electrons. The molecule has 5 heteroatoms. The van der Waals surface area contributed by atoms with Gasteiger partial charge in [0.05, 0.1) is 17.5 Å². The van der Waals surface area contributed by atoms with Crippen molar-refractivity contribution in [1.29, 1.82) is 0 Å². The molecule has 1 aromatic heterocycles. The van der Waals surface area contributed by atoms with E-state index < -0.39 is 0 Å². The first-order valence-electron chi connectivity index (χ1n) is 4.04. The molecule has 1 heterocycles. The Labute approximate surface area is 82.7 Å². The summed E-state index contributed by atoms with van der Waals surface area (Å²) in [5.41, 5.74) is 0.852. The van der Waals surface area contributed by atoms with E-state index in [0.29, 0.717) is 6.54 Å². The van der Waals surface area contributed by atoms with Crippen LogP contribution in [0.1, 0.15) is 12.6 Å². The fraction of sp³-hybridized carbons (Fsp3) is 0.500. The van der Waals surface area contributed by atoms with Crippen molar-refractivity contribution in [2.75, 3.05) is 0 Å². The standard InChI is InChI=1S/C8H13N3OS/c1-6(13)8(12)9-5-7-3-4-11(2)10-7/h3-4,6,13H,5H2,1-2H3,(H,9,12). The Bertz CT molecular complexity index is 295. The van der Waals surface area contributed by atoms with Crippen molar-refractivity contribution < 1.29 is 4.79 Å². The minimum atomic E-state index is -0.274. The second-order valence-corrected chi connectivity index (χ2v) is 3.65. The molecular formula is C8H13N3OS. The van der Waals surface area contributed by atoms with Gasteiger partial charge in [0.2, 0.25) is 5.91 Å². The SMILES string of the molecule is CC(S)C(=O)NCc1ccn(C)n1. The van der Waals surface area contributed by atoms with Crippen molar-refractivity contribution in [3.63, 3.8) is 0 Å². The fourth-order valence-electron chi connectivity index (χ4n) is 0.883. The van der Waals surface area contributed by atoms with E-state index >= 15 is 0 Å². The van der Waals surface area contributed by atoms with Gasteiger partial charge in [-0.05, 0) is 13.0 Å². The van der Waals surface area contributed by atoms with Gasteiger partial charge in [-0.2, -0.15) is 17.7 Å². The van der Waals surface area contributed by atoms with Crippen LogP contribution in [0.25, 0.3) is 0 Å². The van der Waals surface area contributed by atoms with Crippen LogP contribution in [0, 0.1) is 0 Å². The van der Waals surface area contributed by atoms with Crippen LogP contribution in [0.3, 0.4) is 0 Å². The highest BCUT2D eigenvalue weighted by Gasteiger charge is 2.07. The lowest BCUT2D eigenvalue weighted by Crippen LogP contribution is -2.29.